The molecule has 0 aliphatic heterocycles. The zero-order chi connectivity index (χ0) is 13.8. The van der Waals surface area contributed by atoms with Gasteiger partial charge in [-0.15, -0.1) is 0 Å². The van der Waals surface area contributed by atoms with Gasteiger partial charge in [0.1, 0.15) is 0 Å². The molecular formula is C15H14ClNO2. The minimum Gasteiger partial charge on any atom is -0.479 e. The van der Waals surface area contributed by atoms with E-state index in [1.165, 1.54) is 0 Å². The summed E-state index contributed by atoms with van der Waals surface area (Å²) >= 11 is 6.06. The van der Waals surface area contributed by atoms with Crippen molar-refractivity contribution in [1.29, 1.82) is 0 Å². The van der Waals surface area contributed by atoms with Gasteiger partial charge in [-0.25, -0.2) is 4.79 Å². The average Bonchev–Trinajstić information content (AvgIpc) is 2.37. The number of hydrogen-bond acceptors (Lipinski definition) is 2. The Morgan fingerprint density at radius 1 is 1.21 bits per heavy atom. The molecule has 0 aromatic heterocycles. The number of anilines is 1. The molecule has 0 aliphatic carbocycles. The summed E-state index contributed by atoms with van der Waals surface area (Å²) in [5, 5.41) is 12.8. The SMILES string of the molecule is Cc1cccc(NC(C(=O)O)c2ccccc2Cl)c1. The number of carboxylic acid groups (broad SMARTS) is 1. The molecule has 0 spiro atoms. The molecule has 98 valence electrons. The van der Waals surface area contributed by atoms with Crippen molar-refractivity contribution in [3.8, 4) is 0 Å². The monoisotopic (exact) mass is 275 g/mol. The van der Waals surface area contributed by atoms with Crippen LogP contribution in [0.5, 0.6) is 0 Å². The van der Waals surface area contributed by atoms with E-state index in [2.05, 4.69) is 5.32 Å². The molecule has 3 nitrogen and oxygen atoms in total. The maximum Gasteiger partial charge on any atom is 0.330 e. The quantitative estimate of drug-likeness (QED) is 0.890. The third-order valence-electron chi connectivity index (χ3n) is 2.79. The van der Waals surface area contributed by atoms with Crippen LogP contribution in [0.3, 0.4) is 0 Å². The van der Waals surface area contributed by atoms with Gasteiger partial charge in [-0.1, -0.05) is 41.9 Å². The van der Waals surface area contributed by atoms with E-state index >= 15 is 0 Å². The second-order valence-electron chi connectivity index (χ2n) is 4.31. The first-order valence-corrected chi connectivity index (χ1v) is 6.26. The highest BCUT2D eigenvalue weighted by molar-refractivity contribution is 6.31. The molecule has 0 aliphatic rings. The Morgan fingerprint density at radius 2 is 1.95 bits per heavy atom. The summed E-state index contributed by atoms with van der Waals surface area (Å²) in [4.78, 5) is 11.4. The zero-order valence-corrected chi connectivity index (χ0v) is 11.2. The van der Waals surface area contributed by atoms with Crippen molar-refractivity contribution in [3.05, 3.63) is 64.7 Å². The first-order chi connectivity index (χ1) is 9.08. The van der Waals surface area contributed by atoms with Crippen molar-refractivity contribution < 1.29 is 9.90 Å². The van der Waals surface area contributed by atoms with E-state index in [1.54, 1.807) is 24.3 Å². The fraction of sp³-hybridized carbons (Fsp3) is 0.133. The average molecular weight is 276 g/mol. The van der Waals surface area contributed by atoms with Gasteiger partial charge in [-0.05, 0) is 30.7 Å². The van der Waals surface area contributed by atoms with Crippen molar-refractivity contribution in [3.63, 3.8) is 0 Å². The van der Waals surface area contributed by atoms with E-state index < -0.39 is 12.0 Å². The molecule has 2 aromatic carbocycles. The lowest BCUT2D eigenvalue weighted by molar-refractivity contribution is -0.138. The summed E-state index contributed by atoms with van der Waals surface area (Å²) in [6.07, 6.45) is 0. The molecule has 2 rings (SSSR count). The van der Waals surface area contributed by atoms with Gasteiger partial charge in [0, 0.05) is 16.3 Å². The molecule has 1 unspecified atom stereocenters. The first kappa shape index (κ1) is 13.4. The van der Waals surface area contributed by atoms with Crippen LogP contribution in [0.15, 0.2) is 48.5 Å². The van der Waals surface area contributed by atoms with E-state index in [-0.39, 0.29) is 0 Å². The summed E-state index contributed by atoms with van der Waals surface area (Å²) in [5.41, 5.74) is 2.37. The number of aliphatic carboxylic acids is 1. The van der Waals surface area contributed by atoms with Crippen LogP contribution in [0.4, 0.5) is 5.69 Å². The number of benzene rings is 2. The lowest BCUT2D eigenvalue weighted by Gasteiger charge is -2.17. The van der Waals surface area contributed by atoms with Gasteiger partial charge in [0.2, 0.25) is 0 Å². The maximum atomic E-state index is 11.4. The Morgan fingerprint density at radius 3 is 2.58 bits per heavy atom. The van der Waals surface area contributed by atoms with Gasteiger partial charge in [-0.2, -0.15) is 0 Å². The molecule has 1 atom stereocenters. The van der Waals surface area contributed by atoms with E-state index in [0.29, 0.717) is 10.6 Å². The van der Waals surface area contributed by atoms with Crippen LogP contribution in [-0.2, 0) is 4.79 Å². The largest absolute Gasteiger partial charge is 0.479 e. The number of rotatable bonds is 4. The number of nitrogens with one attached hydrogen (secondary N) is 1. The highest BCUT2D eigenvalue weighted by Crippen LogP contribution is 2.26. The summed E-state index contributed by atoms with van der Waals surface area (Å²) in [5.74, 6) is -0.963. The van der Waals surface area contributed by atoms with Crippen LogP contribution in [0.25, 0.3) is 0 Å². The second-order valence-corrected chi connectivity index (χ2v) is 4.71. The number of carboxylic acids is 1. The van der Waals surface area contributed by atoms with E-state index in [4.69, 9.17) is 11.6 Å². The van der Waals surface area contributed by atoms with E-state index in [0.717, 1.165) is 11.3 Å². The van der Waals surface area contributed by atoms with Gasteiger partial charge < -0.3 is 10.4 Å². The van der Waals surface area contributed by atoms with Crippen molar-refractivity contribution in [1.82, 2.24) is 0 Å². The maximum absolute atomic E-state index is 11.4. The van der Waals surface area contributed by atoms with Gasteiger partial charge in [0.25, 0.3) is 0 Å². The van der Waals surface area contributed by atoms with Gasteiger partial charge in [0.05, 0.1) is 0 Å². The van der Waals surface area contributed by atoms with Crippen LogP contribution in [0.2, 0.25) is 5.02 Å². The molecule has 2 aromatic rings. The Labute approximate surface area is 116 Å². The smallest absolute Gasteiger partial charge is 0.330 e. The highest BCUT2D eigenvalue weighted by Gasteiger charge is 2.21. The second kappa shape index (κ2) is 5.76. The van der Waals surface area contributed by atoms with Crippen LogP contribution >= 0.6 is 11.6 Å². The highest BCUT2D eigenvalue weighted by atomic mass is 35.5. The molecule has 0 saturated heterocycles. The number of aryl methyl sites for hydroxylation is 1. The molecular weight excluding hydrogens is 262 g/mol. The number of carbonyl (C=O) groups is 1. The summed E-state index contributed by atoms with van der Waals surface area (Å²) in [7, 11) is 0. The minimum absolute atomic E-state index is 0.440. The number of hydrogen-bond donors (Lipinski definition) is 2. The molecule has 2 N–H and O–H groups in total. The molecule has 0 bridgehead atoms. The zero-order valence-electron chi connectivity index (χ0n) is 10.4. The normalized spacial score (nSPS) is 11.9. The molecule has 0 saturated carbocycles. The third-order valence-corrected chi connectivity index (χ3v) is 3.14. The molecule has 4 heteroatoms. The van der Waals surface area contributed by atoms with Crippen molar-refractivity contribution in [2.75, 3.05) is 5.32 Å². The van der Waals surface area contributed by atoms with Gasteiger partial charge >= 0.3 is 5.97 Å². The van der Waals surface area contributed by atoms with Crippen molar-refractivity contribution >= 4 is 23.3 Å². The summed E-state index contributed by atoms with van der Waals surface area (Å²) < 4.78 is 0. The molecule has 0 radical (unpaired) electrons. The Hall–Kier alpha value is -2.00. The fourth-order valence-corrected chi connectivity index (χ4v) is 2.13. The third kappa shape index (κ3) is 3.26. The van der Waals surface area contributed by atoms with E-state index in [9.17, 15) is 9.90 Å². The predicted octanol–water partition coefficient (Wildman–Crippen LogP) is 3.89. The van der Waals surface area contributed by atoms with Crippen LogP contribution in [-0.4, -0.2) is 11.1 Å². The van der Waals surface area contributed by atoms with Crippen LogP contribution in [0, 0.1) is 6.92 Å². The standard InChI is InChI=1S/C15H14ClNO2/c1-10-5-4-6-11(9-10)17-14(15(18)19)12-7-2-3-8-13(12)16/h2-9,14,17H,1H3,(H,18,19). The van der Waals surface area contributed by atoms with E-state index in [1.807, 2.05) is 31.2 Å². The van der Waals surface area contributed by atoms with Crippen molar-refractivity contribution in [2.24, 2.45) is 0 Å². The molecule has 0 fully saturated rings. The topological polar surface area (TPSA) is 49.3 Å². The van der Waals surface area contributed by atoms with Gasteiger partial charge in [-0.3, -0.25) is 0 Å². The lowest BCUT2D eigenvalue weighted by Crippen LogP contribution is -2.20. The Kier molecular flexibility index (Phi) is 4.07. The Bertz CT molecular complexity index is 598. The molecule has 0 heterocycles. The lowest BCUT2D eigenvalue weighted by atomic mass is 10.1. The van der Waals surface area contributed by atoms with Gasteiger partial charge in [0.15, 0.2) is 6.04 Å². The van der Waals surface area contributed by atoms with Crippen LogP contribution < -0.4 is 5.32 Å². The summed E-state index contributed by atoms with van der Waals surface area (Å²) in [6, 6.07) is 13.6. The molecule has 0 amide bonds. The van der Waals surface area contributed by atoms with Crippen molar-refractivity contribution in [2.45, 2.75) is 13.0 Å². The van der Waals surface area contributed by atoms with Crippen LogP contribution in [0.1, 0.15) is 17.2 Å². The predicted molar refractivity (Wildman–Crippen MR) is 76.6 cm³/mol. The minimum atomic E-state index is -0.963. The fourth-order valence-electron chi connectivity index (χ4n) is 1.88. The number of halogens is 1. The summed E-state index contributed by atoms with van der Waals surface area (Å²) in [6.45, 7) is 1.95. The molecule has 19 heavy (non-hydrogen) atoms. The Balaban J connectivity index is 2.32. The first-order valence-electron chi connectivity index (χ1n) is 5.88.